The van der Waals surface area contributed by atoms with Crippen LogP contribution in [-0.2, 0) is 10.2 Å². The molecule has 4 rings (SSSR count). The Balaban J connectivity index is 1.54. The fourth-order valence-corrected chi connectivity index (χ4v) is 5.47. The summed E-state index contributed by atoms with van der Waals surface area (Å²) in [7, 11) is -0.303. The fraction of sp³-hybridized carbons (Fsp3) is 0.526. The lowest BCUT2D eigenvalue weighted by atomic mass is 9.84. The molecular weight excluding hydrogens is 366 g/mol. The van der Waals surface area contributed by atoms with Crippen molar-refractivity contribution in [1.29, 1.82) is 0 Å². The third kappa shape index (κ3) is 3.26. The van der Waals surface area contributed by atoms with E-state index in [2.05, 4.69) is 0 Å². The molecule has 146 valence electrons. The molecule has 1 aromatic heterocycles. The summed E-state index contributed by atoms with van der Waals surface area (Å²) in [4.78, 5) is 15.0. The minimum absolute atomic E-state index is 0.0630. The van der Waals surface area contributed by atoms with Crippen LogP contribution in [0.3, 0.4) is 0 Å². The lowest BCUT2D eigenvalue weighted by molar-refractivity contribution is 0.0305. The summed E-state index contributed by atoms with van der Waals surface area (Å²) in [5.74, 6) is 0.431. The van der Waals surface area contributed by atoms with Crippen molar-refractivity contribution >= 4 is 27.1 Å². The molecular formula is C19H25N3O4S. The zero-order valence-electron chi connectivity index (χ0n) is 15.7. The summed E-state index contributed by atoms with van der Waals surface area (Å²) in [5.41, 5.74) is 0.710. The molecule has 2 aliphatic rings. The van der Waals surface area contributed by atoms with E-state index in [0.29, 0.717) is 37.4 Å². The average Bonchev–Trinajstić information content (AvgIpc) is 3.10. The van der Waals surface area contributed by atoms with Crippen LogP contribution in [0, 0.1) is 5.92 Å². The fourth-order valence-electron chi connectivity index (χ4n) is 4.29. The van der Waals surface area contributed by atoms with Gasteiger partial charge >= 0.3 is 0 Å². The molecule has 0 N–H and O–H groups in total. The number of carbonyl (C=O) groups excluding carboxylic acids is 1. The predicted octanol–water partition coefficient (Wildman–Crippen LogP) is 2.17. The second-order valence-electron chi connectivity index (χ2n) is 7.55. The maximum absolute atomic E-state index is 13.1. The largest absolute Gasteiger partial charge is 0.451 e. The van der Waals surface area contributed by atoms with Crippen molar-refractivity contribution in [1.82, 2.24) is 13.5 Å². The zero-order valence-corrected chi connectivity index (χ0v) is 16.5. The van der Waals surface area contributed by atoms with Gasteiger partial charge in [-0.3, -0.25) is 4.79 Å². The topological polar surface area (TPSA) is 74.1 Å². The standard InChI is InChI=1S/C19H25N3O4S/c1-20(2)27(24,25)21-11-9-16-15(13-21)7-5-10-22(16)19(23)18-12-14-6-3-4-8-17(14)26-18/h3-4,6,8,12,15-16H,5,7,9-11,13H2,1-2H3/t15-,16+/m1/s1. The average molecular weight is 391 g/mol. The van der Waals surface area contributed by atoms with Gasteiger partial charge in [-0.2, -0.15) is 17.0 Å². The second kappa shape index (κ2) is 6.92. The van der Waals surface area contributed by atoms with Gasteiger partial charge in [-0.05, 0) is 37.3 Å². The Labute approximate surface area is 159 Å². The van der Waals surface area contributed by atoms with Crippen LogP contribution < -0.4 is 0 Å². The summed E-state index contributed by atoms with van der Waals surface area (Å²) in [6, 6.07) is 9.46. The number of carbonyl (C=O) groups is 1. The van der Waals surface area contributed by atoms with Crippen molar-refractivity contribution in [3.8, 4) is 0 Å². The first-order valence-corrected chi connectivity index (χ1v) is 10.7. The molecule has 3 heterocycles. The molecule has 1 amide bonds. The minimum atomic E-state index is -3.41. The molecule has 2 saturated heterocycles. The van der Waals surface area contributed by atoms with E-state index in [1.54, 1.807) is 24.5 Å². The van der Waals surface area contributed by atoms with Crippen molar-refractivity contribution in [3.05, 3.63) is 36.1 Å². The lowest BCUT2D eigenvalue weighted by Gasteiger charge is -2.46. The van der Waals surface area contributed by atoms with E-state index >= 15 is 0 Å². The molecule has 0 spiro atoms. The molecule has 0 radical (unpaired) electrons. The van der Waals surface area contributed by atoms with Crippen molar-refractivity contribution in [2.24, 2.45) is 5.92 Å². The highest BCUT2D eigenvalue weighted by atomic mass is 32.2. The van der Waals surface area contributed by atoms with Gasteiger partial charge in [0, 0.05) is 45.2 Å². The Morgan fingerprint density at radius 1 is 1.19 bits per heavy atom. The number of fused-ring (bicyclic) bond motifs is 2. The quantitative estimate of drug-likeness (QED) is 0.804. The first kappa shape index (κ1) is 18.5. The van der Waals surface area contributed by atoms with Gasteiger partial charge in [0.15, 0.2) is 5.76 Å². The molecule has 0 unspecified atom stereocenters. The Morgan fingerprint density at radius 2 is 1.96 bits per heavy atom. The summed E-state index contributed by atoms with van der Waals surface area (Å²) >= 11 is 0. The third-order valence-electron chi connectivity index (χ3n) is 5.72. The predicted molar refractivity (Wildman–Crippen MR) is 103 cm³/mol. The molecule has 0 saturated carbocycles. The number of nitrogens with zero attached hydrogens (tertiary/aromatic N) is 3. The van der Waals surface area contributed by atoms with Gasteiger partial charge in [-0.15, -0.1) is 0 Å². The first-order valence-electron chi connectivity index (χ1n) is 9.35. The number of hydrogen-bond acceptors (Lipinski definition) is 4. The molecule has 0 bridgehead atoms. The van der Waals surface area contributed by atoms with Crippen LogP contribution in [0.1, 0.15) is 29.8 Å². The third-order valence-corrected chi connectivity index (χ3v) is 7.62. The highest BCUT2D eigenvalue weighted by Gasteiger charge is 2.42. The lowest BCUT2D eigenvalue weighted by Crippen LogP contribution is -2.57. The van der Waals surface area contributed by atoms with Gasteiger partial charge in [0.05, 0.1) is 0 Å². The normalized spacial score (nSPS) is 24.3. The number of rotatable bonds is 3. The van der Waals surface area contributed by atoms with Gasteiger partial charge in [0.2, 0.25) is 0 Å². The van der Waals surface area contributed by atoms with Gasteiger partial charge in [0.1, 0.15) is 5.58 Å². The molecule has 2 atom stereocenters. The Kier molecular flexibility index (Phi) is 4.73. The van der Waals surface area contributed by atoms with Crippen LogP contribution in [0.5, 0.6) is 0 Å². The Bertz CT molecular complexity index is 920. The number of amides is 1. The summed E-state index contributed by atoms with van der Waals surface area (Å²) < 4.78 is 33.5. The smallest absolute Gasteiger partial charge is 0.289 e. The maximum Gasteiger partial charge on any atom is 0.289 e. The molecule has 2 aliphatic heterocycles. The SMILES string of the molecule is CN(C)S(=O)(=O)N1CC[C@H]2[C@H](CCCN2C(=O)c2cc3ccccc3o2)C1. The molecule has 2 aromatic rings. The van der Waals surface area contributed by atoms with Crippen LogP contribution in [-0.4, -0.2) is 67.6 Å². The van der Waals surface area contributed by atoms with Gasteiger partial charge < -0.3 is 9.32 Å². The Morgan fingerprint density at radius 3 is 2.70 bits per heavy atom. The van der Waals surface area contributed by atoms with Crippen LogP contribution in [0.15, 0.2) is 34.7 Å². The maximum atomic E-state index is 13.1. The highest BCUT2D eigenvalue weighted by molar-refractivity contribution is 7.86. The van der Waals surface area contributed by atoms with Crippen LogP contribution >= 0.6 is 0 Å². The van der Waals surface area contributed by atoms with E-state index in [0.717, 1.165) is 18.2 Å². The van der Waals surface area contributed by atoms with Crippen molar-refractivity contribution in [2.45, 2.75) is 25.3 Å². The first-order chi connectivity index (χ1) is 12.9. The summed E-state index contributed by atoms with van der Waals surface area (Å²) in [5, 5.41) is 0.918. The van der Waals surface area contributed by atoms with Gasteiger partial charge in [-0.1, -0.05) is 18.2 Å². The zero-order chi connectivity index (χ0) is 19.2. The van der Waals surface area contributed by atoms with Crippen molar-refractivity contribution < 1.29 is 17.6 Å². The monoisotopic (exact) mass is 391 g/mol. The van der Waals surface area contributed by atoms with Gasteiger partial charge in [-0.25, -0.2) is 0 Å². The van der Waals surface area contributed by atoms with Crippen LogP contribution in [0.4, 0.5) is 0 Å². The van der Waals surface area contributed by atoms with E-state index in [4.69, 9.17) is 4.42 Å². The molecule has 7 nitrogen and oxygen atoms in total. The number of piperidine rings is 2. The van der Waals surface area contributed by atoms with Crippen LogP contribution in [0.2, 0.25) is 0 Å². The molecule has 2 fully saturated rings. The molecule has 8 heteroatoms. The Hall–Kier alpha value is -1.90. The molecule has 1 aromatic carbocycles. The second-order valence-corrected chi connectivity index (χ2v) is 9.70. The van der Waals surface area contributed by atoms with E-state index < -0.39 is 10.2 Å². The van der Waals surface area contributed by atoms with E-state index in [-0.39, 0.29) is 17.9 Å². The number of furan rings is 1. The van der Waals surface area contributed by atoms with E-state index in [1.165, 1.54) is 4.31 Å². The summed E-state index contributed by atoms with van der Waals surface area (Å²) in [6.45, 7) is 1.60. The van der Waals surface area contributed by atoms with Crippen molar-refractivity contribution in [3.63, 3.8) is 0 Å². The van der Waals surface area contributed by atoms with Crippen LogP contribution in [0.25, 0.3) is 11.0 Å². The number of benzene rings is 1. The molecule has 27 heavy (non-hydrogen) atoms. The van der Waals surface area contributed by atoms with Gasteiger partial charge in [0.25, 0.3) is 16.1 Å². The molecule has 0 aliphatic carbocycles. The highest BCUT2D eigenvalue weighted by Crippen LogP contribution is 2.33. The number of likely N-dealkylation sites (tertiary alicyclic amines) is 1. The number of hydrogen-bond donors (Lipinski definition) is 0. The van der Waals surface area contributed by atoms with E-state index in [1.807, 2.05) is 29.2 Å². The number of para-hydroxylation sites is 1. The van der Waals surface area contributed by atoms with E-state index in [9.17, 15) is 13.2 Å². The minimum Gasteiger partial charge on any atom is -0.451 e. The summed E-state index contributed by atoms with van der Waals surface area (Å²) in [6.07, 6.45) is 2.47. The van der Waals surface area contributed by atoms with Crippen molar-refractivity contribution in [2.75, 3.05) is 33.7 Å².